The molecule has 0 spiro atoms. The van der Waals surface area contributed by atoms with Crippen LogP contribution in [-0.2, 0) is 11.2 Å². The van der Waals surface area contributed by atoms with Gasteiger partial charge in [0.15, 0.2) is 0 Å². The van der Waals surface area contributed by atoms with E-state index in [2.05, 4.69) is 10.3 Å². The molecule has 1 amide bonds. The van der Waals surface area contributed by atoms with Crippen LogP contribution in [0.1, 0.15) is 22.4 Å². The van der Waals surface area contributed by atoms with Crippen molar-refractivity contribution in [3.63, 3.8) is 0 Å². The van der Waals surface area contributed by atoms with E-state index in [4.69, 9.17) is 0 Å². The van der Waals surface area contributed by atoms with E-state index in [-0.39, 0.29) is 18.1 Å². The fraction of sp³-hybridized carbons (Fsp3) is 0.200. The number of hydrogen-bond acceptors (Lipinski definition) is 3. The monoisotopic (exact) mass is 354 g/mol. The highest BCUT2D eigenvalue weighted by Crippen LogP contribution is 2.25. The summed E-state index contributed by atoms with van der Waals surface area (Å²) >= 11 is 1.41. The third kappa shape index (κ3) is 4.12. The molecular weight excluding hydrogens is 335 g/mol. The van der Waals surface area contributed by atoms with Gasteiger partial charge in [-0.1, -0.05) is 29.8 Å². The summed E-state index contributed by atoms with van der Waals surface area (Å²) in [6.45, 7) is 6.01. The van der Waals surface area contributed by atoms with Gasteiger partial charge in [0, 0.05) is 16.6 Å². The van der Waals surface area contributed by atoms with Crippen LogP contribution < -0.4 is 5.32 Å². The number of carbonyl (C=O) groups is 1. The normalized spacial score (nSPS) is 10.7. The highest BCUT2D eigenvalue weighted by molar-refractivity contribution is 7.13. The van der Waals surface area contributed by atoms with Crippen molar-refractivity contribution >= 4 is 22.9 Å². The molecule has 1 aromatic heterocycles. The van der Waals surface area contributed by atoms with Gasteiger partial charge >= 0.3 is 0 Å². The maximum Gasteiger partial charge on any atom is 0.230 e. The van der Waals surface area contributed by atoms with E-state index in [1.807, 2.05) is 44.4 Å². The lowest BCUT2D eigenvalue weighted by molar-refractivity contribution is -0.115. The smallest absolute Gasteiger partial charge is 0.230 e. The predicted octanol–water partition coefficient (Wildman–Crippen LogP) is 5.06. The van der Waals surface area contributed by atoms with E-state index in [9.17, 15) is 9.18 Å². The first-order valence-corrected chi connectivity index (χ1v) is 8.88. The van der Waals surface area contributed by atoms with Gasteiger partial charge in [0.2, 0.25) is 5.91 Å². The largest absolute Gasteiger partial charge is 0.325 e. The molecule has 3 aromatic rings. The van der Waals surface area contributed by atoms with E-state index in [0.29, 0.717) is 10.7 Å². The van der Waals surface area contributed by atoms with Crippen molar-refractivity contribution in [2.45, 2.75) is 27.2 Å². The highest BCUT2D eigenvalue weighted by Gasteiger charge is 2.12. The first kappa shape index (κ1) is 17.3. The molecule has 1 N–H and O–H groups in total. The molecule has 0 unspecified atom stereocenters. The Morgan fingerprint density at radius 3 is 2.56 bits per heavy atom. The van der Waals surface area contributed by atoms with Crippen molar-refractivity contribution in [3.8, 4) is 10.6 Å². The molecule has 128 valence electrons. The quantitative estimate of drug-likeness (QED) is 0.712. The lowest BCUT2D eigenvalue weighted by Gasteiger charge is -2.12. The van der Waals surface area contributed by atoms with Crippen molar-refractivity contribution in [1.29, 1.82) is 0 Å². The summed E-state index contributed by atoms with van der Waals surface area (Å²) in [5.74, 6) is -0.400. The molecule has 2 aromatic carbocycles. The SMILES string of the molecule is Cc1cc(C)c(NC(=O)Cc2csc(-c3cccc(F)c3)n2)c(C)c1. The van der Waals surface area contributed by atoms with E-state index in [1.54, 1.807) is 6.07 Å². The van der Waals surface area contributed by atoms with Crippen molar-refractivity contribution in [2.24, 2.45) is 0 Å². The topological polar surface area (TPSA) is 42.0 Å². The Bertz CT molecular complexity index is 910. The number of aryl methyl sites for hydroxylation is 3. The second kappa shape index (κ2) is 7.15. The lowest BCUT2D eigenvalue weighted by atomic mass is 10.0. The Hall–Kier alpha value is -2.53. The van der Waals surface area contributed by atoms with Crippen LogP contribution >= 0.6 is 11.3 Å². The Labute approximate surface area is 150 Å². The van der Waals surface area contributed by atoms with E-state index in [0.717, 1.165) is 22.4 Å². The first-order valence-electron chi connectivity index (χ1n) is 8.00. The summed E-state index contributed by atoms with van der Waals surface area (Å²) in [4.78, 5) is 16.8. The van der Waals surface area contributed by atoms with Crippen LogP contribution in [-0.4, -0.2) is 10.9 Å². The molecular formula is C20H19FN2OS. The molecule has 25 heavy (non-hydrogen) atoms. The van der Waals surface area contributed by atoms with Crippen LogP contribution in [0.2, 0.25) is 0 Å². The number of halogens is 1. The molecule has 0 radical (unpaired) electrons. The number of nitrogens with one attached hydrogen (secondary N) is 1. The summed E-state index contributed by atoms with van der Waals surface area (Å²) < 4.78 is 13.3. The van der Waals surface area contributed by atoms with Crippen molar-refractivity contribution in [2.75, 3.05) is 5.32 Å². The summed E-state index contributed by atoms with van der Waals surface area (Å²) in [6.07, 6.45) is 0.193. The lowest BCUT2D eigenvalue weighted by Crippen LogP contribution is -2.16. The second-order valence-corrected chi connectivity index (χ2v) is 7.01. The fourth-order valence-corrected chi connectivity index (χ4v) is 3.68. The predicted molar refractivity (Wildman–Crippen MR) is 100 cm³/mol. The van der Waals surface area contributed by atoms with Gasteiger partial charge in [-0.25, -0.2) is 9.37 Å². The molecule has 3 rings (SSSR count). The molecule has 0 saturated heterocycles. The van der Waals surface area contributed by atoms with Gasteiger partial charge in [0.1, 0.15) is 10.8 Å². The van der Waals surface area contributed by atoms with Crippen molar-refractivity contribution in [1.82, 2.24) is 4.98 Å². The van der Waals surface area contributed by atoms with Crippen molar-refractivity contribution < 1.29 is 9.18 Å². The standard InChI is InChI=1S/C20H19FN2OS/c1-12-7-13(2)19(14(3)8-12)23-18(24)10-17-11-25-20(22-17)15-5-4-6-16(21)9-15/h4-9,11H,10H2,1-3H3,(H,23,24). The number of rotatable bonds is 4. The van der Waals surface area contributed by atoms with Gasteiger partial charge in [0.25, 0.3) is 0 Å². The van der Waals surface area contributed by atoms with Crippen LogP contribution in [0.3, 0.4) is 0 Å². The third-order valence-electron chi connectivity index (χ3n) is 3.91. The molecule has 1 heterocycles. The highest BCUT2D eigenvalue weighted by atomic mass is 32.1. The minimum absolute atomic E-state index is 0.105. The minimum Gasteiger partial charge on any atom is -0.325 e. The number of nitrogens with zero attached hydrogens (tertiary/aromatic N) is 1. The van der Waals surface area contributed by atoms with Gasteiger partial charge in [-0.05, 0) is 44.0 Å². The number of thiazole rings is 1. The molecule has 0 aliphatic rings. The molecule has 0 saturated carbocycles. The van der Waals surface area contributed by atoms with E-state index in [1.165, 1.54) is 29.0 Å². The third-order valence-corrected chi connectivity index (χ3v) is 4.85. The van der Waals surface area contributed by atoms with Crippen LogP contribution in [0.4, 0.5) is 10.1 Å². The average Bonchev–Trinajstić information content (AvgIpc) is 2.99. The van der Waals surface area contributed by atoms with Gasteiger partial charge in [-0.15, -0.1) is 11.3 Å². The Kier molecular flexibility index (Phi) is 4.95. The summed E-state index contributed by atoms with van der Waals surface area (Å²) in [6, 6.07) is 10.4. The van der Waals surface area contributed by atoms with Gasteiger partial charge in [-0.2, -0.15) is 0 Å². The molecule has 0 aliphatic carbocycles. The summed E-state index contributed by atoms with van der Waals surface area (Å²) in [7, 11) is 0. The first-order chi connectivity index (χ1) is 11.9. The number of anilines is 1. The molecule has 5 heteroatoms. The summed E-state index contributed by atoms with van der Waals surface area (Å²) in [5, 5.41) is 5.53. The van der Waals surface area contributed by atoms with Crippen LogP contribution in [0.15, 0.2) is 41.8 Å². The van der Waals surface area contributed by atoms with Gasteiger partial charge < -0.3 is 5.32 Å². The number of aromatic nitrogens is 1. The van der Waals surface area contributed by atoms with Crippen LogP contribution in [0.5, 0.6) is 0 Å². The maximum absolute atomic E-state index is 13.3. The van der Waals surface area contributed by atoms with Gasteiger partial charge in [0.05, 0.1) is 12.1 Å². The Balaban J connectivity index is 1.72. The maximum atomic E-state index is 13.3. The molecule has 0 bridgehead atoms. The minimum atomic E-state index is -0.294. The van der Waals surface area contributed by atoms with E-state index >= 15 is 0 Å². The number of carbonyl (C=O) groups excluding carboxylic acids is 1. The zero-order valence-electron chi connectivity index (χ0n) is 14.4. The molecule has 0 aliphatic heterocycles. The average molecular weight is 354 g/mol. The van der Waals surface area contributed by atoms with E-state index < -0.39 is 0 Å². The Morgan fingerprint density at radius 2 is 1.88 bits per heavy atom. The second-order valence-electron chi connectivity index (χ2n) is 6.15. The Morgan fingerprint density at radius 1 is 1.16 bits per heavy atom. The van der Waals surface area contributed by atoms with Crippen LogP contribution in [0.25, 0.3) is 10.6 Å². The zero-order chi connectivity index (χ0) is 18.0. The number of benzene rings is 2. The number of amides is 1. The number of hydrogen-bond donors (Lipinski definition) is 1. The molecule has 3 nitrogen and oxygen atoms in total. The molecule has 0 atom stereocenters. The zero-order valence-corrected chi connectivity index (χ0v) is 15.2. The molecule has 0 fully saturated rings. The fourth-order valence-electron chi connectivity index (χ4n) is 2.87. The van der Waals surface area contributed by atoms with Crippen molar-refractivity contribution in [3.05, 3.63) is 70.0 Å². The van der Waals surface area contributed by atoms with Crippen LogP contribution in [0, 0.1) is 26.6 Å². The van der Waals surface area contributed by atoms with Gasteiger partial charge in [-0.3, -0.25) is 4.79 Å². The summed E-state index contributed by atoms with van der Waals surface area (Å²) in [5.41, 5.74) is 5.53.